The SMILES string of the molecule is CC.CC1=NNC(=O)C1(C)C. The number of nitrogens with zero attached hydrogens (tertiary/aromatic N) is 1. The Labute approximate surface area is 67.9 Å². The van der Waals surface area contributed by atoms with Gasteiger partial charge in [-0.3, -0.25) is 4.79 Å². The first-order chi connectivity index (χ1) is 5.05. The van der Waals surface area contributed by atoms with Gasteiger partial charge in [-0.15, -0.1) is 0 Å². The van der Waals surface area contributed by atoms with Gasteiger partial charge in [-0.25, -0.2) is 5.43 Å². The van der Waals surface area contributed by atoms with Crippen LogP contribution in [0.5, 0.6) is 0 Å². The van der Waals surface area contributed by atoms with Crippen molar-refractivity contribution in [3.05, 3.63) is 0 Å². The lowest BCUT2D eigenvalue weighted by molar-refractivity contribution is -0.125. The fraction of sp³-hybridized carbons (Fsp3) is 0.750. The summed E-state index contributed by atoms with van der Waals surface area (Å²) in [4.78, 5) is 10.9. The molecule has 11 heavy (non-hydrogen) atoms. The van der Waals surface area contributed by atoms with Gasteiger partial charge in [-0.05, 0) is 20.8 Å². The lowest BCUT2D eigenvalue weighted by Gasteiger charge is -2.12. The van der Waals surface area contributed by atoms with E-state index in [4.69, 9.17) is 0 Å². The molecule has 0 radical (unpaired) electrons. The third-order valence-electron chi connectivity index (χ3n) is 1.80. The van der Waals surface area contributed by atoms with Crippen molar-refractivity contribution in [1.82, 2.24) is 5.43 Å². The van der Waals surface area contributed by atoms with Gasteiger partial charge in [0.15, 0.2) is 0 Å². The molecule has 1 heterocycles. The summed E-state index contributed by atoms with van der Waals surface area (Å²) in [5, 5.41) is 3.79. The second-order valence-electron chi connectivity index (χ2n) is 2.76. The quantitative estimate of drug-likeness (QED) is 0.568. The summed E-state index contributed by atoms with van der Waals surface area (Å²) in [6.45, 7) is 9.56. The molecule has 0 bridgehead atoms. The van der Waals surface area contributed by atoms with Crippen molar-refractivity contribution < 1.29 is 4.79 Å². The van der Waals surface area contributed by atoms with E-state index in [0.29, 0.717) is 0 Å². The van der Waals surface area contributed by atoms with Gasteiger partial charge in [-0.2, -0.15) is 5.10 Å². The molecule has 1 rings (SSSR count). The molecule has 1 amide bonds. The standard InChI is InChI=1S/C6H10N2O.C2H6/c1-4-6(2,3)5(9)8-7-4;1-2/h1-3H3,(H,8,9);1-2H3. The fourth-order valence-electron chi connectivity index (χ4n) is 0.578. The lowest BCUT2D eigenvalue weighted by Crippen LogP contribution is -2.30. The molecule has 0 atom stereocenters. The zero-order valence-electron chi connectivity index (χ0n) is 7.86. The predicted octanol–water partition coefficient (Wildman–Crippen LogP) is 1.54. The van der Waals surface area contributed by atoms with Gasteiger partial charge < -0.3 is 0 Å². The van der Waals surface area contributed by atoms with Crippen LogP contribution in [0.15, 0.2) is 5.10 Å². The molecule has 0 fully saturated rings. The molecule has 3 heteroatoms. The normalized spacial score (nSPS) is 19.7. The molecule has 64 valence electrons. The highest BCUT2D eigenvalue weighted by molar-refractivity contribution is 6.10. The smallest absolute Gasteiger partial charge is 0.251 e. The van der Waals surface area contributed by atoms with Crippen LogP contribution >= 0.6 is 0 Å². The van der Waals surface area contributed by atoms with E-state index in [1.807, 2.05) is 34.6 Å². The van der Waals surface area contributed by atoms with Crippen LogP contribution in [0.4, 0.5) is 0 Å². The third kappa shape index (κ3) is 1.79. The summed E-state index contributed by atoms with van der Waals surface area (Å²) in [7, 11) is 0. The largest absolute Gasteiger partial charge is 0.272 e. The van der Waals surface area contributed by atoms with Gasteiger partial charge in [0.05, 0.1) is 11.1 Å². The second kappa shape index (κ2) is 3.51. The second-order valence-corrected chi connectivity index (χ2v) is 2.76. The van der Waals surface area contributed by atoms with E-state index in [0.717, 1.165) is 5.71 Å². The van der Waals surface area contributed by atoms with Gasteiger partial charge in [0.2, 0.25) is 0 Å². The number of carbonyl (C=O) groups excluding carboxylic acids is 1. The Morgan fingerprint density at radius 1 is 1.36 bits per heavy atom. The fourth-order valence-corrected chi connectivity index (χ4v) is 0.578. The van der Waals surface area contributed by atoms with Gasteiger partial charge >= 0.3 is 0 Å². The van der Waals surface area contributed by atoms with Gasteiger partial charge in [0.25, 0.3) is 5.91 Å². The highest BCUT2D eigenvalue weighted by Gasteiger charge is 2.35. The van der Waals surface area contributed by atoms with Gasteiger partial charge in [-0.1, -0.05) is 13.8 Å². The van der Waals surface area contributed by atoms with Crippen LogP contribution in [0.3, 0.4) is 0 Å². The Balaban J connectivity index is 0.000000461. The van der Waals surface area contributed by atoms with Crippen molar-refractivity contribution in [2.45, 2.75) is 34.6 Å². The third-order valence-corrected chi connectivity index (χ3v) is 1.80. The maximum Gasteiger partial charge on any atom is 0.251 e. The van der Waals surface area contributed by atoms with E-state index < -0.39 is 0 Å². The Hall–Kier alpha value is -0.860. The number of hydrazone groups is 1. The average molecular weight is 156 g/mol. The van der Waals surface area contributed by atoms with Crippen LogP contribution < -0.4 is 5.43 Å². The predicted molar refractivity (Wildman–Crippen MR) is 46.4 cm³/mol. The van der Waals surface area contributed by atoms with Crippen molar-refractivity contribution in [3.8, 4) is 0 Å². The zero-order valence-corrected chi connectivity index (χ0v) is 7.86. The van der Waals surface area contributed by atoms with E-state index in [-0.39, 0.29) is 11.3 Å². The van der Waals surface area contributed by atoms with Gasteiger partial charge in [0.1, 0.15) is 0 Å². The average Bonchev–Trinajstić information content (AvgIpc) is 2.21. The van der Waals surface area contributed by atoms with Crippen molar-refractivity contribution >= 4 is 11.6 Å². The summed E-state index contributed by atoms with van der Waals surface area (Å²) in [6.07, 6.45) is 0. The molecule has 0 aromatic heterocycles. The van der Waals surface area contributed by atoms with Crippen molar-refractivity contribution in [2.75, 3.05) is 0 Å². The summed E-state index contributed by atoms with van der Waals surface area (Å²) < 4.78 is 0. The van der Waals surface area contributed by atoms with E-state index >= 15 is 0 Å². The number of carbonyl (C=O) groups is 1. The van der Waals surface area contributed by atoms with Crippen molar-refractivity contribution in [2.24, 2.45) is 10.5 Å². The Kier molecular flexibility index (Phi) is 3.23. The van der Waals surface area contributed by atoms with Crippen molar-refractivity contribution in [3.63, 3.8) is 0 Å². The maximum absolute atomic E-state index is 10.9. The van der Waals surface area contributed by atoms with Crippen LogP contribution in [-0.4, -0.2) is 11.6 Å². The van der Waals surface area contributed by atoms with Crippen LogP contribution in [0.1, 0.15) is 34.6 Å². The van der Waals surface area contributed by atoms with Gasteiger partial charge in [0, 0.05) is 0 Å². The Bertz CT molecular complexity index is 183. The molecule has 0 saturated carbocycles. The molecular formula is C8H16N2O. The van der Waals surface area contributed by atoms with E-state index in [2.05, 4.69) is 10.5 Å². The number of hydrogen-bond acceptors (Lipinski definition) is 2. The number of amides is 1. The molecule has 0 unspecified atom stereocenters. The lowest BCUT2D eigenvalue weighted by atomic mass is 9.89. The first kappa shape index (κ1) is 10.1. The van der Waals surface area contributed by atoms with E-state index in [1.54, 1.807) is 0 Å². The van der Waals surface area contributed by atoms with E-state index in [9.17, 15) is 4.79 Å². The minimum absolute atomic E-state index is 0.0139. The summed E-state index contributed by atoms with van der Waals surface area (Å²) in [5.74, 6) is -0.0139. The number of nitrogens with one attached hydrogen (secondary N) is 1. The Morgan fingerprint density at radius 2 is 1.82 bits per heavy atom. The molecule has 0 aliphatic carbocycles. The van der Waals surface area contributed by atoms with Crippen LogP contribution in [0.25, 0.3) is 0 Å². The van der Waals surface area contributed by atoms with Crippen molar-refractivity contribution in [1.29, 1.82) is 0 Å². The molecule has 3 nitrogen and oxygen atoms in total. The molecule has 0 saturated heterocycles. The van der Waals surface area contributed by atoms with E-state index in [1.165, 1.54) is 0 Å². The molecule has 0 spiro atoms. The zero-order chi connectivity index (χ0) is 9.07. The molecule has 1 aliphatic rings. The first-order valence-corrected chi connectivity index (χ1v) is 3.90. The summed E-state index contributed by atoms with van der Waals surface area (Å²) in [6, 6.07) is 0. The highest BCUT2D eigenvalue weighted by Crippen LogP contribution is 2.21. The molecule has 1 N–H and O–H groups in total. The monoisotopic (exact) mass is 156 g/mol. The topological polar surface area (TPSA) is 41.5 Å². The summed E-state index contributed by atoms with van der Waals surface area (Å²) >= 11 is 0. The van der Waals surface area contributed by atoms with Crippen LogP contribution in [-0.2, 0) is 4.79 Å². The maximum atomic E-state index is 10.9. The molecular weight excluding hydrogens is 140 g/mol. The number of rotatable bonds is 0. The first-order valence-electron chi connectivity index (χ1n) is 3.90. The van der Waals surface area contributed by atoms with Crippen LogP contribution in [0, 0.1) is 5.41 Å². The molecule has 1 aliphatic heterocycles. The minimum atomic E-state index is -0.389. The summed E-state index contributed by atoms with van der Waals surface area (Å²) in [5.41, 5.74) is 2.87. The number of hydrogen-bond donors (Lipinski definition) is 1. The molecule has 0 aromatic rings. The Morgan fingerprint density at radius 3 is 1.91 bits per heavy atom. The van der Waals surface area contributed by atoms with Crippen LogP contribution in [0.2, 0.25) is 0 Å². The molecule has 0 aromatic carbocycles. The highest BCUT2D eigenvalue weighted by atomic mass is 16.2. The minimum Gasteiger partial charge on any atom is -0.272 e.